The molecule has 1 aromatic heterocycles. The molecule has 0 saturated carbocycles. The quantitative estimate of drug-likeness (QED) is 0.666. The van der Waals surface area contributed by atoms with E-state index in [2.05, 4.69) is 10.3 Å². The topological polar surface area (TPSA) is 103 Å². The molecule has 0 aromatic carbocycles. The summed E-state index contributed by atoms with van der Waals surface area (Å²) >= 11 is 0. The number of hydrogen-bond donors (Lipinski definition) is 3. The Balaban J connectivity index is 2.40. The van der Waals surface area contributed by atoms with Crippen molar-refractivity contribution in [3.8, 4) is 0 Å². The molecule has 18 heavy (non-hydrogen) atoms. The summed E-state index contributed by atoms with van der Waals surface area (Å²) in [4.78, 5) is 27.3. The van der Waals surface area contributed by atoms with Crippen LogP contribution in [0.3, 0.4) is 0 Å². The van der Waals surface area contributed by atoms with E-state index in [1.165, 1.54) is 4.90 Å². The fourth-order valence-corrected chi connectivity index (χ4v) is 1.21. The average Bonchev–Trinajstić information content (AvgIpc) is 2.36. The van der Waals surface area contributed by atoms with Gasteiger partial charge in [0.2, 0.25) is 0 Å². The molecule has 1 heterocycles. The largest absolute Gasteiger partial charge is 0.479 e. The summed E-state index contributed by atoms with van der Waals surface area (Å²) in [6.45, 7) is -0.0312. The minimum atomic E-state index is -1.60. The molecule has 0 aliphatic heterocycles. The van der Waals surface area contributed by atoms with Gasteiger partial charge in [0.1, 0.15) is 0 Å². The van der Waals surface area contributed by atoms with Crippen LogP contribution >= 0.6 is 0 Å². The third-order valence-electron chi connectivity index (χ3n) is 2.20. The van der Waals surface area contributed by atoms with Crippen molar-refractivity contribution in [2.75, 3.05) is 13.6 Å². The van der Waals surface area contributed by atoms with Crippen LogP contribution in [0.1, 0.15) is 5.69 Å². The number of carboxylic acid groups (broad SMARTS) is 1. The third-order valence-corrected chi connectivity index (χ3v) is 2.20. The number of carbonyl (C=O) groups is 2. The molecule has 2 amide bonds. The van der Waals surface area contributed by atoms with E-state index in [-0.39, 0.29) is 6.54 Å². The maximum atomic E-state index is 11.6. The number of urea groups is 1. The number of carbonyl (C=O) groups excluding carboxylic acids is 1. The first-order chi connectivity index (χ1) is 8.50. The van der Waals surface area contributed by atoms with Gasteiger partial charge in [0.25, 0.3) is 0 Å². The van der Waals surface area contributed by atoms with E-state index in [1.807, 2.05) is 6.07 Å². The van der Waals surface area contributed by atoms with Crippen molar-refractivity contribution in [3.63, 3.8) is 0 Å². The highest BCUT2D eigenvalue weighted by Crippen LogP contribution is 1.98. The molecular formula is C11H15N3O4. The summed E-state index contributed by atoms with van der Waals surface area (Å²) in [5.74, 6) is -1.37. The van der Waals surface area contributed by atoms with Crippen LogP contribution in [0.5, 0.6) is 0 Å². The van der Waals surface area contributed by atoms with Crippen LogP contribution in [0.2, 0.25) is 0 Å². The lowest BCUT2D eigenvalue weighted by atomic mass is 10.3. The standard InChI is InChI=1S/C11H15N3O4/c1-14(7-8-4-2-3-5-12-8)11(18)13-6-9(15)10(16)17/h2-5,9,15H,6-7H2,1H3,(H,13,18)(H,16,17). The maximum Gasteiger partial charge on any atom is 0.334 e. The number of hydrogen-bond acceptors (Lipinski definition) is 4. The van der Waals surface area contributed by atoms with Gasteiger partial charge in [-0.1, -0.05) is 6.07 Å². The first-order valence-electron chi connectivity index (χ1n) is 5.30. The van der Waals surface area contributed by atoms with Crippen LogP contribution in [0.4, 0.5) is 4.79 Å². The fraction of sp³-hybridized carbons (Fsp3) is 0.364. The highest BCUT2D eigenvalue weighted by molar-refractivity contribution is 5.76. The molecule has 0 saturated heterocycles. The molecule has 0 radical (unpaired) electrons. The maximum absolute atomic E-state index is 11.6. The summed E-state index contributed by atoms with van der Waals surface area (Å²) < 4.78 is 0. The first kappa shape index (κ1) is 13.9. The molecule has 0 fully saturated rings. The van der Waals surface area contributed by atoms with Crippen molar-refractivity contribution in [3.05, 3.63) is 30.1 Å². The normalized spacial score (nSPS) is 11.7. The molecule has 1 unspecified atom stereocenters. The van der Waals surface area contributed by atoms with Crippen molar-refractivity contribution in [2.45, 2.75) is 12.6 Å². The van der Waals surface area contributed by atoms with Crippen molar-refractivity contribution >= 4 is 12.0 Å². The van der Waals surface area contributed by atoms with Gasteiger partial charge in [0.05, 0.1) is 18.8 Å². The monoisotopic (exact) mass is 253 g/mol. The second-order valence-corrected chi connectivity index (χ2v) is 3.72. The van der Waals surface area contributed by atoms with Crippen molar-refractivity contribution in [1.82, 2.24) is 15.2 Å². The summed E-state index contributed by atoms with van der Waals surface area (Å²) in [5, 5.41) is 19.8. The number of aliphatic hydroxyl groups excluding tert-OH is 1. The Kier molecular flexibility index (Phi) is 5.06. The molecule has 0 bridgehead atoms. The van der Waals surface area contributed by atoms with E-state index in [4.69, 9.17) is 10.2 Å². The number of aliphatic carboxylic acids is 1. The van der Waals surface area contributed by atoms with Gasteiger partial charge in [-0.15, -0.1) is 0 Å². The van der Waals surface area contributed by atoms with Crippen molar-refractivity contribution in [2.24, 2.45) is 0 Å². The fourth-order valence-electron chi connectivity index (χ4n) is 1.21. The van der Waals surface area contributed by atoms with Gasteiger partial charge in [-0.2, -0.15) is 0 Å². The molecule has 1 rings (SSSR count). The summed E-state index contributed by atoms with van der Waals surface area (Å²) in [6.07, 6.45) is 0.0205. The van der Waals surface area contributed by atoms with Gasteiger partial charge in [-0.3, -0.25) is 4.98 Å². The minimum absolute atomic E-state index is 0.301. The zero-order valence-electron chi connectivity index (χ0n) is 9.91. The van der Waals surface area contributed by atoms with Crippen LogP contribution in [0.25, 0.3) is 0 Å². The number of aromatic nitrogens is 1. The van der Waals surface area contributed by atoms with E-state index < -0.39 is 18.1 Å². The van der Waals surface area contributed by atoms with E-state index in [0.29, 0.717) is 12.2 Å². The van der Waals surface area contributed by atoms with Crippen LogP contribution < -0.4 is 5.32 Å². The number of carboxylic acids is 1. The Morgan fingerprint density at radius 2 is 2.22 bits per heavy atom. The van der Waals surface area contributed by atoms with E-state index in [1.54, 1.807) is 25.4 Å². The van der Waals surface area contributed by atoms with E-state index >= 15 is 0 Å². The lowest BCUT2D eigenvalue weighted by molar-refractivity contribution is -0.146. The van der Waals surface area contributed by atoms with Crippen LogP contribution in [-0.2, 0) is 11.3 Å². The number of aliphatic hydroxyl groups is 1. The summed E-state index contributed by atoms with van der Waals surface area (Å²) in [7, 11) is 1.55. The molecule has 0 aliphatic rings. The van der Waals surface area contributed by atoms with Crippen LogP contribution in [0.15, 0.2) is 24.4 Å². The number of nitrogens with one attached hydrogen (secondary N) is 1. The second-order valence-electron chi connectivity index (χ2n) is 3.72. The zero-order chi connectivity index (χ0) is 13.5. The Morgan fingerprint density at radius 1 is 1.50 bits per heavy atom. The van der Waals surface area contributed by atoms with Gasteiger partial charge >= 0.3 is 12.0 Å². The number of pyridine rings is 1. The predicted molar refractivity (Wildman–Crippen MR) is 62.7 cm³/mol. The van der Waals surface area contributed by atoms with Crippen molar-refractivity contribution in [1.29, 1.82) is 0 Å². The molecule has 98 valence electrons. The molecule has 1 aromatic rings. The van der Waals surface area contributed by atoms with E-state index in [0.717, 1.165) is 0 Å². The summed E-state index contributed by atoms with van der Waals surface area (Å²) in [6, 6.07) is 4.88. The smallest absolute Gasteiger partial charge is 0.334 e. The zero-order valence-corrected chi connectivity index (χ0v) is 9.91. The third kappa shape index (κ3) is 4.38. The molecule has 0 aliphatic carbocycles. The van der Waals surface area contributed by atoms with Gasteiger partial charge in [0, 0.05) is 13.2 Å². The van der Waals surface area contributed by atoms with Crippen LogP contribution in [0, 0.1) is 0 Å². The van der Waals surface area contributed by atoms with Gasteiger partial charge in [-0.05, 0) is 12.1 Å². The Morgan fingerprint density at radius 3 is 2.78 bits per heavy atom. The van der Waals surface area contributed by atoms with Gasteiger partial charge in [-0.25, -0.2) is 9.59 Å². The molecule has 7 heteroatoms. The minimum Gasteiger partial charge on any atom is -0.479 e. The molecular weight excluding hydrogens is 238 g/mol. The first-order valence-corrected chi connectivity index (χ1v) is 5.30. The predicted octanol–water partition coefficient (Wildman–Crippen LogP) is -0.332. The highest BCUT2D eigenvalue weighted by atomic mass is 16.4. The Hall–Kier alpha value is -2.15. The molecule has 0 spiro atoms. The Bertz CT molecular complexity index is 410. The number of nitrogens with zero attached hydrogens (tertiary/aromatic N) is 2. The molecule has 1 atom stereocenters. The van der Waals surface area contributed by atoms with E-state index in [9.17, 15) is 9.59 Å². The van der Waals surface area contributed by atoms with Gasteiger partial charge < -0.3 is 20.4 Å². The highest BCUT2D eigenvalue weighted by Gasteiger charge is 2.16. The summed E-state index contributed by atoms with van der Waals surface area (Å²) in [5.41, 5.74) is 0.717. The number of rotatable bonds is 5. The Labute approximate surface area is 104 Å². The van der Waals surface area contributed by atoms with Gasteiger partial charge in [0.15, 0.2) is 6.10 Å². The van der Waals surface area contributed by atoms with Crippen molar-refractivity contribution < 1.29 is 19.8 Å². The SMILES string of the molecule is CN(Cc1ccccn1)C(=O)NCC(O)C(=O)O. The number of amides is 2. The van der Waals surface area contributed by atoms with Crippen LogP contribution in [-0.4, -0.2) is 51.8 Å². The molecule has 7 nitrogen and oxygen atoms in total. The lowest BCUT2D eigenvalue weighted by Gasteiger charge is -2.18. The lowest BCUT2D eigenvalue weighted by Crippen LogP contribution is -2.42. The second kappa shape index (κ2) is 6.55. The molecule has 3 N–H and O–H groups in total. The average molecular weight is 253 g/mol.